The van der Waals surface area contributed by atoms with Crippen molar-refractivity contribution in [3.8, 4) is 0 Å². The Labute approximate surface area is 149 Å². The monoisotopic (exact) mass is 348 g/mol. The molecule has 138 valence electrons. The van der Waals surface area contributed by atoms with E-state index in [9.17, 15) is 14.7 Å². The van der Waals surface area contributed by atoms with Gasteiger partial charge in [0.25, 0.3) is 0 Å². The molecule has 6 nitrogen and oxygen atoms in total. The third-order valence-corrected chi connectivity index (χ3v) is 4.20. The number of benzene rings is 1. The Morgan fingerprint density at radius 3 is 2.52 bits per heavy atom. The summed E-state index contributed by atoms with van der Waals surface area (Å²) in [7, 11) is 0. The Balaban J connectivity index is 2.20. The first-order valence-corrected chi connectivity index (χ1v) is 8.80. The van der Waals surface area contributed by atoms with Gasteiger partial charge in [0.2, 0.25) is 0 Å². The molecule has 2 rings (SSSR count). The lowest BCUT2D eigenvalue weighted by Crippen LogP contribution is -2.56. The number of carboxylic acids is 1. The molecule has 0 aliphatic carbocycles. The van der Waals surface area contributed by atoms with E-state index >= 15 is 0 Å². The maximum atomic E-state index is 12.4. The predicted octanol–water partition coefficient (Wildman–Crippen LogP) is 3.61. The predicted molar refractivity (Wildman–Crippen MR) is 97.3 cm³/mol. The Morgan fingerprint density at radius 1 is 1.24 bits per heavy atom. The second-order valence-electron chi connectivity index (χ2n) is 7.38. The number of ether oxygens (including phenoxy) is 1. The lowest BCUT2D eigenvalue weighted by atomic mass is 10.0. The van der Waals surface area contributed by atoms with Crippen molar-refractivity contribution >= 4 is 17.7 Å². The summed E-state index contributed by atoms with van der Waals surface area (Å²) in [6, 6.07) is 7.13. The van der Waals surface area contributed by atoms with Crippen molar-refractivity contribution in [2.24, 2.45) is 0 Å². The van der Waals surface area contributed by atoms with Crippen molar-refractivity contribution in [3.05, 3.63) is 29.8 Å². The molecule has 6 heteroatoms. The van der Waals surface area contributed by atoms with E-state index in [1.807, 2.05) is 32.9 Å². The lowest BCUT2D eigenvalue weighted by Gasteiger charge is -2.43. The molecule has 0 aromatic heterocycles. The summed E-state index contributed by atoms with van der Waals surface area (Å²) >= 11 is 0. The second-order valence-corrected chi connectivity index (χ2v) is 7.38. The third-order valence-electron chi connectivity index (χ3n) is 4.20. The van der Waals surface area contributed by atoms with Gasteiger partial charge in [-0.05, 0) is 39.3 Å². The number of nitrogens with zero attached hydrogens (tertiary/aromatic N) is 2. The molecular weight excluding hydrogens is 320 g/mol. The Kier molecular flexibility index (Phi) is 5.93. The van der Waals surface area contributed by atoms with Crippen LogP contribution < -0.4 is 4.90 Å². The van der Waals surface area contributed by atoms with E-state index in [1.54, 1.807) is 17.0 Å². The molecular formula is C19H28N2O4. The number of carboxylic acid groups (broad SMARTS) is 1. The highest BCUT2D eigenvalue weighted by atomic mass is 16.6. The van der Waals surface area contributed by atoms with Gasteiger partial charge in [0.15, 0.2) is 0 Å². The molecule has 1 aliphatic heterocycles. The van der Waals surface area contributed by atoms with Gasteiger partial charge in [-0.1, -0.05) is 25.5 Å². The molecule has 1 aliphatic rings. The Morgan fingerprint density at radius 2 is 1.92 bits per heavy atom. The fourth-order valence-electron chi connectivity index (χ4n) is 3.15. The van der Waals surface area contributed by atoms with Crippen molar-refractivity contribution in [3.63, 3.8) is 0 Å². The van der Waals surface area contributed by atoms with Crippen LogP contribution in [0.1, 0.15) is 50.9 Å². The molecule has 1 unspecified atom stereocenters. The number of para-hydroxylation sites is 1. The molecule has 1 fully saturated rings. The van der Waals surface area contributed by atoms with Gasteiger partial charge in [-0.3, -0.25) is 0 Å². The molecule has 1 aromatic rings. The maximum Gasteiger partial charge on any atom is 0.410 e. The van der Waals surface area contributed by atoms with E-state index < -0.39 is 11.6 Å². The van der Waals surface area contributed by atoms with E-state index in [-0.39, 0.29) is 12.1 Å². The van der Waals surface area contributed by atoms with Crippen molar-refractivity contribution in [2.75, 3.05) is 24.5 Å². The fourth-order valence-corrected chi connectivity index (χ4v) is 3.15. The van der Waals surface area contributed by atoms with Crippen LogP contribution >= 0.6 is 0 Å². The topological polar surface area (TPSA) is 70.1 Å². The zero-order valence-corrected chi connectivity index (χ0v) is 15.5. The van der Waals surface area contributed by atoms with E-state index in [1.165, 1.54) is 0 Å². The van der Waals surface area contributed by atoms with Gasteiger partial charge in [0.05, 0.1) is 11.3 Å². The zero-order chi connectivity index (χ0) is 18.6. The Bertz CT molecular complexity index is 624. The molecule has 0 radical (unpaired) electrons. The molecule has 1 atom stereocenters. The van der Waals surface area contributed by atoms with Crippen molar-refractivity contribution < 1.29 is 19.4 Å². The van der Waals surface area contributed by atoms with E-state index in [0.29, 0.717) is 25.2 Å². The SMILES string of the molecule is CCCC1CN(C(=O)OC(C)(C)C)CCN1c1ccccc1C(=O)O. The number of hydrogen-bond acceptors (Lipinski definition) is 4. The van der Waals surface area contributed by atoms with Crippen LogP contribution in [0.5, 0.6) is 0 Å². The molecule has 1 N–H and O–H groups in total. The summed E-state index contributed by atoms with van der Waals surface area (Å²) in [5.41, 5.74) is 0.497. The number of carbonyl (C=O) groups excluding carboxylic acids is 1. The minimum atomic E-state index is -0.930. The molecule has 1 aromatic carbocycles. The average molecular weight is 348 g/mol. The molecule has 1 saturated heterocycles. The molecule has 0 saturated carbocycles. The van der Waals surface area contributed by atoms with Crippen LogP contribution in [0, 0.1) is 0 Å². The van der Waals surface area contributed by atoms with E-state index in [4.69, 9.17) is 4.74 Å². The van der Waals surface area contributed by atoms with Gasteiger partial charge in [-0.15, -0.1) is 0 Å². The van der Waals surface area contributed by atoms with Gasteiger partial charge in [0.1, 0.15) is 5.60 Å². The van der Waals surface area contributed by atoms with Crippen LogP contribution in [-0.4, -0.2) is 53.3 Å². The van der Waals surface area contributed by atoms with Crippen LogP contribution in [-0.2, 0) is 4.74 Å². The number of piperazine rings is 1. The van der Waals surface area contributed by atoms with Gasteiger partial charge < -0.3 is 19.6 Å². The van der Waals surface area contributed by atoms with Crippen LogP contribution in [0.15, 0.2) is 24.3 Å². The summed E-state index contributed by atoms with van der Waals surface area (Å²) in [5, 5.41) is 9.47. The highest BCUT2D eigenvalue weighted by molar-refractivity contribution is 5.94. The standard InChI is InChI=1S/C19H28N2O4/c1-5-8-14-13-20(18(24)25-19(2,3)4)11-12-21(14)16-10-7-6-9-15(16)17(22)23/h6-7,9-10,14H,5,8,11-13H2,1-4H3,(H,22,23). The van der Waals surface area contributed by atoms with Crippen molar-refractivity contribution in [2.45, 2.75) is 52.2 Å². The summed E-state index contributed by atoms with van der Waals surface area (Å²) in [5.74, 6) is -0.930. The number of carbonyl (C=O) groups is 2. The van der Waals surface area contributed by atoms with Crippen LogP contribution in [0.4, 0.5) is 10.5 Å². The fraction of sp³-hybridized carbons (Fsp3) is 0.579. The molecule has 0 spiro atoms. The highest BCUT2D eigenvalue weighted by Gasteiger charge is 2.33. The van der Waals surface area contributed by atoms with Crippen LogP contribution in [0.2, 0.25) is 0 Å². The highest BCUT2D eigenvalue weighted by Crippen LogP contribution is 2.27. The zero-order valence-electron chi connectivity index (χ0n) is 15.5. The first kappa shape index (κ1) is 19.1. The lowest BCUT2D eigenvalue weighted by molar-refractivity contribution is 0.0211. The molecule has 1 heterocycles. The van der Waals surface area contributed by atoms with Crippen molar-refractivity contribution in [1.29, 1.82) is 0 Å². The summed E-state index contributed by atoms with van der Waals surface area (Å²) < 4.78 is 5.48. The third kappa shape index (κ3) is 4.87. The normalized spacial score (nSPS) is 18.2. The van der Waals surface area contributed by atoms with Crippen molar-refractivity contribution in [1.82, 2.24) is 4.90 Å². The number of anilines is 1. The quantitative estimate of drug-likeness (QED) is 0.900. The maximum absolute atomic E-state index is 12.4. The van der Waals surface area contributed by atoms with E-state index in [0.717, 1.165) is 18.5 Å². The Hall–Kier alpha value is -2.24. The number of hydrogen-bond donors (Lipinski definition) is 1. The summed E-state index contributed by atoms with van der Waals surface area (Å²) in [6.45, 7) is 9.30. The summed E-state index contributed by atoms with van der Waals surface area (Å²) in [6.07, 6.45) is 1.53. The van der Waals surface area contributed by atoms with Gasteiger partial charge in [0, 0.05) is 25.7 Å². The minimum absolute atomic E-state index is 0.0757. The molecule has 0 bridgehead atoms. The van der Waals surface area contributed by atoms with Gasteiger partial charge in [-0.25, -0.2) is 9.59 Å². The molecule has 25 heavy (non-hydrogen) atoms. The van der Waals surface area contributed by atoms with Gasteiger partial charge in [-0.2, -0.15) is 0 Å². The van der Waals surface area contributed by atoms with Crippen LogP contribution in [0.3, 0.4) is 0 Å². The first-order valence-electron chi connectivity index (χ1n) is 8.80. The van der Waals surface area contributed by atoms with E-state index in [2.05, 4.69) is 11.8 Å². The summed E-state index contributed by atoms with van der Waals surface area (Å²) in [4.78, 5) is 27.8. The molecule has 1 amide bonds. The largest absolute Gasteiger partial charge is 0.478 e. The first-order chi connectivity index (χ1) is 11.7. The average Bonchev–Trinajstić information content (AvgIpc) is 2.53. The van der Waals surface area contributed by atoms with Crippen LogP contribution in [0.25, 0.3) is 0 Å². The minimum Gasteiger partial charge on any atom is -0.478 e. The number of amides is 1. The number of aromatic carboxylic acids is 1. The smallest absolute Gasteiger partial charge is 0.410 e. The number of rotatable bonds is 4. The second kappa shape index (κ2) is 7.76. The van der Waals surface area contributed by atoms with Gasteiger partial charge >= 0.3 is 12.1 Å².